The first kappa shape index (κ1) is 27.8. The van der Waals surface area contributed by atoms with Gasteiger partial charge in [0.15, 0.2) is 0 Å². The van der Waals surface area contributed by atoms with Gasteiger partial charge in [-0.3, -0.25) is 4.55 Å². The molecule has 7 nitrogen and oxygen atoms in total. The molecule has 0 saturated carbocycles. The Balaban J connectivity index is 3.21. The molecule has 1 unspecified atom stereocenters. The molecule has 0 saturated heterocycles. The van der Waals surface area contributed by atoms with Crippen LogP contribution < -0.4 is 0 Å². The summed E-state index contributed by atoms with van der Waals surface area (Å²) < 4.78 is 50.6. The third kappa shape index (κ3) is 22.0. The second kappa shape index (κ2) is 20.0. The standard InChI is InChI=1S/C20H42O7S/c1-3-5-6-7-8-9-10-11-12-13-14-24-15-16-25-17-18-26-19-20(4-2)27-28(21,22)23/h20H,3-19H2,1-2H3,(H,21,22,23). The number of hydrogen-bond donors (Lipinski definition) is 1. The van der Waals surface area contributed by atoms with Crippen molar-refractivity contribution in [1.82, 2.24) is 0 Å². The highest BCUT2D eigenvalue weighted by Crippen LogP contribution is 2.10. The van der Waals surface area contributed by atoms with Crippen LogP contribution in [0.3, 0.4) is 0 Å². The Bertz CT molecular complexity index is 415. The molecule has 28 heavy (non-hydrogen) atoms. The van der Waals surface area contributed by atoms with Crippen molar-refractivity contribution in [3.05, 3.63) is 0 Å². The molecule has 1 atom stereocenters. The molecule has 0 aromatic heterocycles. The zero-order valence-electron chi connectivity index (χ0n) is 17.9. The molecule has 0 rings (SSSR count). The Morgan fingerprint density at radius 2 is 1.14 bits per heavy atom. The van der Waals surface area contributed by atoms with Crippen LogP contribution in [0.5, 0.6) is 0 Å². The zero-order valence-corrected chi connectivity index (χ0v) is 18.7. The molecule has 0 aliphatic rings. The van der Waals surface area contributed by atoms with Gasteiger partial charge in [0.2, 0.25) is 0 Å². The van der Waals surface area contributed by atoms with E-state index in [1.54, 1.807) is 6.92 Å². The summed E-state index contributed by atoms with van der Waals surface area (Å²) in [4.78, 5) is 0. The molecule has 1 N–H and O–H groups in total. The van der Waals surface area contributed by atoms with Crippen LogP contribution in [-0.2, 0) is 28.8 Å². The topological polar surface area (TPSA) is 91.3 Å². The van der Waals surface area contributed by atoms with E-state index >= 15 is 0 Å². The van der Waals surface area contributed by atoms with E-state index in [1.807, 2.05) is 0 Å². The molecule has 170 valence electrons. The van der Waals surface area contributed by atoms with Crippen molar-refractivity contribution in [3.63, 3.8) is 0 Å². The molecule has 0 bridgehead atoms. The Kier molecular flexibility index (Phi) is 19.9. The molecule has 0 amide bonds. The van der Waals surface area contributed by atoms with Crippen LogP contribution in [0.15, 0.2) is 0 Å². The third-order valence-electron chi connectivity index (χ3n) is 4.40. The van der Waals surface area contributed by atoms with Gasteiger partial charge in [-0.1, -0.05) is 71.6 Å². The van der Waals surface area contributed by atoms with E-state index in [4.69, 9.17) is 18.8 Å². The minimum absolute atomic E-state index is 0.0922. The highest BCUT2D eigenvalue weighted by molar-refractivity contribution is 7.80. The Labute approximate surface area is 172 Å². The van der Waals surface area contributed by atoms with Crippen LogP contribution in [0, 0.1) is 0 Å². The fourth-order valence-electron chi connectivity index (χ4n) is 2.73. The largest absolute Gasteiger partial charge is 0.397 e. The van der Waals surface area contributed by atoms with Gasteiger partial charge in [-0.15, -0.1) is 0 Å². The first-order valence-corrected chi connectivity index (χ1v) is 12.2. The lowest BCUT2D eigenvalue weighted by Crippen LogP contribution is -2.23. The molecule has 0 fully saturated rings. The monoisotopic (exact) mass is 426 g/mol. The number of hydrogen-bond acceptors (Lipinski definition) is 6. The third-order valence-corrected chi connectivity index (χ3v) is 4.92. The fraction of sp³-hybridized carbons (Fsp3) is 1.00. The lowest BCUT2D eigenvalue weighted by molar-refractivity contribution is -0.00609. The maximum atomic E-state index is 10.6. The second-order valence-corrected chi connectivity index (χ2v) is 8.08. The summed E-state index contributed by atoms with van der Waals surface area (Å²) in [5.41, 5.74) is 0. The van der Waals surface area contributed by atoms with Crippen molar-refractivity contribution in [1.29, 1.82) is 0 Å². The van der Waals surface area contributed by atoms with Crippen molar-refractivity contribution in [2.45, 2.75) is 90.6 Å². The van der Waals surface area contributed by atoms with Crippen LogP contribution in [0.2, 0.25) is 0 Å². The molecule has 0 aromatic carbocycles. The molecule has 0 radical (unpaired) electrons. The van der Waals surface area contributed by atoms with Crippen LogP contribution in [-0.4, -0.2) is 58.7 Å². The van der Waals surface area contributed by atoms with E-state index in [-0.39, 0.29) is 6.61 Å². The molecule has 8 heteroatoms. The zero-order chi connectivity index (χ0) is 20.9. The fourth-order valence-corrected chi connectivity index (χ4v) is 3.27. The minimum Gasteiger partial charge on any atom is -0.379 e. The van der Waals surface area contributed by atoms with E-state index < -0.39 is 16.5 Å². The van der Waals surface area contributed by atoms with E-state index in [9.17, 15) is 8.42 Å². The predicted octanol–water partition coefficient (Wildman–Crippen LogP) is 4.56. The Morgan fingerprint density at radius 3 is 1.64 bits per heavy atom. The van der Waals surface area contributed by atoms with Gasteiger partial charge in [0.1, 0.15) is 6.10 Å². The van der Waals surface area contributed by atoms with Crippen LogP contribution >= 0.6 is 0 Å². The van der Waals surface area contributed by atoms with Crippen LogP contribution in [0.1, 0.15) is 84.5 Å². The Hall–Kier alpha value is -0.250. The van der Waals surface area contributed by atoms with Gasteiger partial charge in [0.25, 0.3) is 0 Å². The molecule has 0 aliphatic carbocycles. The summed E-state index contributed by atoms with van der Waals surface area (Å²) in [6.45, 7) is 6.70. The van der Waals surface area contributed by atoms with E-state index in [0.29, 0.717) is 32.8 Å². The normalized spacial score (nSPS) is 13.1. The summed E-state index contributed by atoms with van der Waals surface area (Å²) >= 11 is 0. The SMILES string of the molecule is CCCCCCCCCCCCOCCOCCOCC(CC)OS(=O)(=O)O. The number of unbranched alkanes of at least 4 members (excludes halogenated alkanes) is 9. The molecule has 0 heterocycles. The molecular weight excluding hydrogens is 384 g/mol. The van der Waals surface area contributed by atoms with E-state index in [2.05, 4.69) is 11.1 Å². The summed E-state index contributed by atoms with van der Waals surface area (Å²) in [5, 5.41) is 0. The average Bonchev–Trinajstić information content (AvgIpc) is 2.65. The smallest absolute Gasteiger partial charge is 0.379 e. The average molecular weight is 427 g/mol. The van der Waals surface area contributed by atoms with Crippen LogP contribution in [0.25, 0.3) is 0 Å². The van der Waals surface area contributed by atoms with Gasteiger partial charge in [-0.2, -0.15) is 8.42 Å². The summed E-state index contributed by atoms with van der Waals surface area (Å²) in [7, 11) is -4.44. The summed E-state index contributed by atoms with van der Waals surface area (Å²) in [6.07, 6.45) is 12.9. The Morgan fingerprint density at radius 1 is 0.679 bits per heavy atom. The number of ether oxygens (including phenoxy) is 3. The van der Waals surface area contributed by atoms with Crippen molar-refractivity contribution in [3.8, 4) is 0 Å². The van der Waals surface area contributed by atoms with Gasteiger partial charge in [0, 0.05) is 6.61 Å². The number of rotatable bonds is 22. The maximum absolute atomic E-state index is 10.6. The predicted molar refractivity (Wildman–Crippen MR) is 111 cm³/mol. The molecule has 0 aliphatic heterocycles. The van der Waals surface area contributed by atoms with Crippen LogP contribution in [0.4, 0.5) is 0 Å². The highest BCUT2D eigenvalue weighted by atomic mass is 32.3. The lowest BCUT2D eigenvalue weighted by Gasteiger charge is -2.13. The first-order chi connectivity index (χ1) is 13.5. The van der Waals surface area contributed by atoms with Crippen molar-refractivity contribution in [2.75, 3.05) is 39.6 Å². The molecule has 0 spiro atoms. The van der Waals surface area contributed by atoms with Gasteiger partial charge >= 0.3 is 10.4 Å². The quantitative estimate of drug-likeness (QED) is 0.200. The molecule has 0 aromatic rings. The summed E-state index contributed by atoms with van der Waals surface area (Å²) in [6, 6.07) is 0. The lowest BCUT2D eigenvalue weighted by atomic mass is 10.1. The van der Waals surface area contributed by atoms with Gasteiger partial charge < -0.3 is 14.2 Å². The van der Waals surface area contributed by atoms with Gasteiger partial charge in [0.05, 0.1) is 33.0 Å². The van der Waals surface area contributed by atoms with Crippen molar-refractivity contribution >= 4 is 10.4 Å². The van der Waals surface area contributed by atoms with E-state index in [0.717, 1.165) is 13.0 Å². The van der Waals surface area contributed by atoms with E-state index in [1.165, 1.54) is 57.8 Å². The van der Waals surface area contributed by atoms with Gasteiger partial charge in [-0.25, -0.2) is 4.18 Å². The first-order valence-electron chi connectivity index (χ1n) is 10.9. The van der Waals surface area contributed by atoms with Crippen molar-refractivity contribution < 1.29 is 31.4 Å². The summed E-state index contributed by atoms with van der Waals surface area (Å²) in [5.74, 6) is 0. The van der Waals surface area contributed by atoms with Gasteiger partial charge in [-0.05, 0) is 12.8 Å². The van der Waals surface area contributed by atoms with Crippen molar-refractivity contribution in [2.24, 2.45) is 0 Å². The highest BCUT2D eigenvalue weighted by Gasteiger charge is 2.15. The molecular formula is C20H42O7S. The minimum atomic E-state index is -4.44. The maximum Gasteiger partial charge on any atom is 0.397 e. The second-order valence-electron chi connectivity index (χ2n) is 7.04.